The Balaban J connectivity index is 2.26. The molecule has 1 aromatic carbocycles. The van der Waals surface area contributed by atoms with Crippen molar-refractivity contribution in [3.8, 4) is 5.75 Å². The van der Waals surface area contributed by atoms with Crippen LogP contribution in [-0.2, 0) is 16.0 Å². The fourth-order valence-electron chi connectivity index (χ4n) is 1.24. The van der Waals surface area contributed by atoms with Gasteiger partial charge in [-0.15, -0.1) is 0 Å². The van der Waals surface area contributed by atoms with Crippen molar-refractivity contribution in [3.05, 3.63) is 42.0 Å². The van der Waals surface area contributed by atoms with Gasteiger partial charge in [-0.3, -0.25) is 0 Å². The van der Waals surface area contributed by atoms with Crippen molar-refractivity contribution in [2.24, 2.45) is 0 Å². The fraction of sp³-hybridized carbons (Fsp3) is 0.357. The quantitative estimate of drug-likeness (QED) is 0.431. The predicted octanol–water partition coefficient (Wildman–Crippen LogP) is 2.75. The molecule has 92 valence electrons. The first-order chi connectivity index (χ1) is 8.13. The molecule has 0 fully saturated rings. The standard InChI is InChI=1S/C14H18O3/c1-4-12-5-7-13(8-6-12)16-9-10-17-14(15)11(2)3/h5-8H,2,4,9-10H2,1,3H3. The van der Waals surface area contributed by atoms with Gasteiger partial charge in [0.2, 0.25) is 0 Å². The number of aryl methyl sites for hydroxylation is 1. The third-order valence-corrected chi connectivity index (χ3v) is 2.27. The van der Waals surface area contributed by atoms with Gasteiger partial charge in [-0.1, -0.05) is 25.6 Å². The van der Waals surface area contributed by atoms with Gasteiger partial charge in [-0.2, -0.15) is 0 Å². The molecule has 17 heavy (non-hydrogen) atoms. The van der Waals surface area contributed by atoms with Crippen LogP contribution in [-0.4, -0.2) is 19.2 Å². The van der Waals surface area contributed by atoms with E-state index in [1.165, 1.54) is 5.56 Å². The number of hydrogen-bond donors (Lipinski definition) is 0. The lowest BCUT2D eigenvalue weighted by molar-refractivity contribution is -0.139. The first-order valence-corrected chi connectivity index (χ1v) is 5.68. The van der Waals surface area contributed by atoms with E-state index >= 15 is 0 Å². The Labute approximate surface area is 102 Å². The van der Waals surface area contributed by atoms with Gasteiger partial charge in [-0.25, -0.2) is 4.79 Å². The highest BCUT2D eigenvalue weighted by Gasteiger charge is 2.02. The van der Waals surface area contributed by atoms with Crippen LogP contribution in [0.2, 0.25) is 0 Å². The van der Waals surface area contributed by atoms with Crippen LogP contribution in [0.5, 0.6) is 5.75 Å². The van der Waals surface area contributed by atoms with Crippen molar-refractivity contribution < 1.29 is 14.3 Å². The topological polar surface area (TPSA) is 35.5 Å². The van der Waals surface area contributed by atoms with E-state index in [-0.39, 0.29) is 12.6 Å². The first-order valence-electron chi connectivity index (χ1n) is 5.68. The average Bonchev–Trinajstić information content (AvgIpc) is 2.35. The van der Waals surface area contributed by atoms with Crippen molar-refractivity contribution in [1.82, 2.24) is 0 Å². The smallest absolute Gasteiger partial charge is 0.333 e. The molecule has 0 atom stereocenters. The molecule has 0 aliphatic carbocycles. The van der Waals surface area contributed by atoms with E-state index in [1.807, 2.05) is 24.3 Å². The highest BCUT2D eigenvalue weighted by molar-refractivity contribution is 5.86. The third kappa shape index (κ3) is 4.72. The van der Waals surface area contributed by atoms with Crippen LogP contribution in [0.3, 0.4) is 0 Å². The van der Waals surface area contributed by atoms with E-state index in [4.69, 9.17) is 9.47 Å². The minimum Gasteiger partial charge on any atom is -0.490 e. The number of hydrogen-bond acceptors (Lipinski definition) is 3. The van der Waals surface area contributed by atoms with Gasteiger partial charge in [0.1, 0.15) is 19.0 Å². The Morgan fingerprint density at radius 1 is 1.24 bits per heavy atom. The van der Waals surface area contributed by atoms with Crippen molar-refractivity contribution in [2.75, 3.05) is 13.2 Å². The molecule has 0 N–H and O–H groups in total. The molecule has 3 nitrogen and oxygen atoms in total. The number of ether oxygens (including phenoxy) is 2. The monoisotopic (exact) mass is 234 g/mol. The lowest BCUT2D eigenvalue weighted by atomic mass is 10.2. The van der Waals surface area contributed by atoms with Crippen molar-refractivity contribution in [3.63, 3.8) is 0 Å². The van der Waals surface area contributed by atoms with Crippen LogP contribution >= 0.6 is 0 Å². The Morgan fingerprint density at radius 3 is 2.41 bits per heavy atom. The number of carbonyl (C=O) groups is 1. The van der Waals surface area contributed by atoms with Gasteiger partial charge in [0, 0.05) is 5.57 Å². The van der Waals surface area contributed by atoms with E-state index in [1.54, 1.807) is 6.92 Å². The summed E-state index contributed by atoms with van der Waals surface area (Å²) in [5, 5.41) is 0. The van der Waals surface area contributed by atoms with Crippen molar-refractivity contribution in [1.29, 1.82) is 0 Å². The van der Waals surface area contributed by atoms with Crippen LogP contribution < -0.4 is 4.74 Å². The predicted molar refractivity (Wildman–Crippen MR) is 67.1 cm³/mol. The molecule has 0 spiro atoms. The molecule has 0 aliphatic heterocycles. The average molecular weight is 234 g/mol. The molecule has 0 aliphatic rings. The SMILES string of the molecule is C=C(C)C(=O)OCCOc1ccc(CC)cc1. The van der Waals surface area contributed by atoms with E-state index in [0.717, 1.165) is 12.2 Å². The molecular weight excluding hydrogens is 216 g/mol. The van der Waals surface area contributed by atoms with E-state index < -0.39 is 0 Å². The molecule has 0 amide bonds. The Kier molecular flexibility index (Phi) is 5.27. The highest BCUT2D eigenvalue weighted by Crippen LogP contribution is 2.12. The van der Waals surface area contributed by atoms with Gasteiger partial charge < -0.3 is 9.47 Å². The number of rotatable bonds is 6. The largest absolute Gasteiger partial charge is 0.490 e. The first kappa shape index (κ1) is 13.3. The summed E-state index contributed by atoms with van der Waals surface area (Å²) in [6.07, 6.45) is 1.01. The molecule has 0 aromatic heterocycles. The van der Waals surface area contributed by atoms with Gasteiger partial charge in [-0.05, 0) is 31.0 Å². The summed E-state index contributed by atoms with van der Waals surface area (Å²) in [5.74, 6) is 0.406. The summed E-state index contributed by atoms with van der Waals surface area (Å²) in [5.41, 5.74) is 1.67. The second kappa shape index (κ2) is 6.74. The second-order valence-corrected chi connectivity index (χ2v) is 3.76. The zero-order valence-corrected chi connectivity index (χ0v) is 10.4. The van der Waals surface area contributed by atoms with Crippen LogP contribution in [0.1, 0.15) is 19.4 Å². The summed E-state index contributed by atoms with van der Waals surface area (Å²) in [6, 6.07) is 7.88. The number of carbonyl (C=O) groups excluding carboxylic acids is 1. The van der Waals surface area contributed by atoms with Crippen LogP contribution in [0, 0.1) is 0 Å². The molecular formula is C14H18O3. The molecule has 0 radical (unpaired) electrons. The Hall–Kier alpha value is -1.77. The summed E-state index contributed by atoms with van der Waals surface area (Å²) >= 11 is 0. The minimum absolute atomic E-state index is 0.237. The van der Waals surface area contributed by atoms with Gasteiger partial charge in [0.25, 0.3) is 0 Å². The lowest BCUT2D eigenvalue weighted by Gasteiger charge is -2.07. The summed E-state index contributed by atoms with van der Waals surface area (Å²) in [6.45, 7) is 7.81. The van der Waals surface area contributed by atoms with E-state index in [0.29, 0.717) is 12.2 Å². The summed E-state index contributed by atoms with van der Waals surface area (Å²) in [4.78, 5) is 11.1. The molecule has 0 bridgehead atoms. The number of esters is 1. The minimum atomic E-state index is -0.380. The maximum atomic E-state index is 11.1. The van der Waals surface area contributed by atoms with Crippen LogP contribution in [0.4, 0.5) is 0 Å². The molecule has 0 saturated heterocycles. The Bertz CT molecular complexity index is 379. The van der Waals surface area contributed by atoms with Gasteiger partial charge in [0.15, 0.2) is 0 Å². The molecule has 0 saturated carbocycles. The van der Waals surface area contributed by atoms with Crippen LogP contribution in [0.15, 0.2) is 36.4 Å². The molecule has 0 unspecified atom stereocenters. The van der Waals surface area contributed by atoms with E-state index in [9.17, 15) is 4.79 Å². The lowest BCUT2D eigenvalue weighted by Crippen LogP contribution is -2.12. The molecule has 1 rings (SSSR count). The Morgan fingerprint density at radius 2 is 1.88 bits per heavy atom. The van der Waals surface area contributed by atoms with Crippen LogP contribution in [0.25, 0.3) is 0 Å². The summed E-state index contributed by atoms with van der Waals surface area (Å²) < 4.78 is 10.3. The maximum Gasteiger partial charge on any atom is 0.333 e. The second-order valence-electron chi connectivity index (χ2n) is 3.76. The molecule has 1 aromatic rings. The fourth-order valence-corrected chi connectivity index (χ4v) is 1.24. The highest BCUT2D eigenvalue weighted by atomic mass is 16.6. The zero-order chi connectivity index (χ0) is 12.7. The molecule has 3 heteroatoms. The normalized spacial score (nSPS) is 9.76. The van der Waals surface area contributed by atoms with Gasteiger partial charge >= 0.3 is 5.97 Å². The third-order valence-electron chi connectivity index (χ3n) is 2.27. The van der Waals surface area contributed by atoms with Gasteiger partial charge in [0.05, 0.1) is 0 Å². The molecule has 0 heterocycles. The van der Waals surface area contributed by atoms with Crippen molar-refractivity contribution in [2.45, 2.75) is 20.3 Å². The van der Waals surface area contributed by atoms with E-state index in [2.05, 4.69) is 13.5 Å². The maximum absolute atomic E-state index is 11.1. The number of benzene rings is 1. The zero-order valence-electron chi connectivity index (χ0n) is 10.4. The summed E-state index contributed by atoms with van der Waals surface area (Å²) in [7, 11) is 0. The van der Waals surface area contributed by atoms with Crippen molar-refractivity contribution >= 4 is 5.97 Å².